The van der Waals surface area contributed by atoms with Gasteiger partial charge in [-0.1, -0.05) is 133 Å². The lowest BCUT2D eigenvalue weighted by Gasteiger charge is -2.30. The maximum atomic E-state index is 6.59. The standard InChI is InChI=1S/C42H27N3O/c1-3-11-26(12-4-1)30-20-22-34-33(25-30)37-31-17-9-7-13-27(31)19-23-35(37)45(34)42-43-39(29-15-5-2-6-16-29)41-40(44-42)38-32-18-10-8-14-28(32)21-24-36(38)46-41/h1-25,35,37H. The van der Waals surface area contributed by atoms with E-state index in [4.69, 9.17) is 14.4 Å². The van der Waals surface area contributed by atoms with Gasteiger partial charge in [0, 0.05) is 17.2 Å². The van der Waals surface area contributed by atoms with Crippen LogP contribution >= 0.6 is 0 Å². The van der Waals surface area contributed by atoms with Crippen LogP contribution in [0, 0.1) is 0 Å². The van der Waals surface area contributed by atoms with Gasteiger partial charge in [0.15, 0.2) is 5.58 Å². The first-order valence-electron chi connectivity index (χ1n) is 15.7. The number of benzene rings is 6. The smallest absolute Gasteiger partial charge is 0.231 e. The molecular weight excluding hydrogens is 562 g/mol. The summed E-state index contributed by atoms with van der Waals surface area (Å²) >= 11 is 0. The molecule has 46 heavy (non-hydrogen) atoms. The van der Waals surface area contributed by atoms with Gasteiger partial charge in [0.25, 0.3) is 0 Å². The van der Waals surface area contributed by atoms with Crippen molar-refractivity contribution in [1.29, 1.82) is 0 Å². The molecule has 0 spiro atoms. The molecule has 10 rings (SSSR count). The van der Waals surface area contributed by atoms with Crippen LogP contribution in [-0.2, 0) is 0 Å². The summed E-state index contributed by atoms with van der Waals surface area (Å²) in [6.07, 6.45) is 4.58. The van der Waals surface area contributed by atoms with Crippen LogP contribution in [0.15, 0.2) is 150 Å². The molecule has 0 radical (unpaired) electrons. The van der Waals surface area contributed by atoms with Gasteiger partial charge in [0.2, 0.25) is 5.95 Å². The normalized spacial score (nSPS) is 16.6. The summed E-state index contributed by atoms with van der Waals surface area (Å²) in [6, 6.07) is 49.2. The molecule has 8 aromatic rings. The van der Waals surface area contributed by atoms with Crippen molar-refractivity contribution < 1.29 is 4.42 Å². The maximum Gasteiger partial charge on any atom is 0.231 e. The third-order valence-corrected chi connectivity index (χ3v) is 9.63. The molecule has 4 nitrogen and oxygen atoms in total. The van der Waals surface area contributed by atoms with Gasteiger partial charge >= 0.3 is 0 Å². The van der Waals surface area contributed by atoms with Crippen LogP contribution in [0.3, 0.4) is 0 Å². The quantitative estimate of drug-likeness (QED) is 0.206. The molecule has 0 saturated carbocycles. The van der Waals surface area contributed by atoms with E-state index in [2.05, 4.69) is 138 Å². The highest BCUT2D eigenvalue weighted by Crippen LogP contribution is 2.52. The number of hydrogen-bond acceptors (Lipinski definition) is 4. The first-order valence-corrected chi connectivity index (χ1v) is 15.7. The van der Waals surface area contributed by atoms with Crippen LogP contribution in [0.2, 0.25) is 0 Å². The molecule has 4 heteroatoms. The zero-order valence-corrected chi connectivity index (χ0v) is 24.8. The summed E-state index contributed by atoms with van der Waals surface area (Å²) in [5.74, 6) is 0.813. The second kappa shape index (κ2) is 9.75. The summed E-state index contributed by atoms with van der Waals surface area (Å²) in [5, 5.41) is 3.31. The van der Waals surface area contributed by atoms with Crippen molar-refractivity contribution in [2.24, 2.45) is 0 Å². The fourth-order valence-electron chi connectivity index (χ4n) is 7.56. The van der Waals surface area contributed by atoms with E-state index in [-0.39, 0.29) is 12.0 Å². The highest BCUT2D eigenvalue weighted by atomic mass is 16.3. The average Bonchev–Trinajstić information content (AvgIpc) is 3.68. The van der Waals surface area contributed by atoms with E-state index in [0.29, 0.717) is 11.5 Å². The second-order valence-electron chi connectivity index (χ2n) is 12.1. The molecule has 216 valence electrons. The lowest BCUT2D eigenvalue weighted by Crippen LogP contribution is -2.31. The molecule has 0 amide bonds. The zero-order chi connectivity index (χ0) is 30.2. The van der Waals surface area contributed by atoms with Crippen LogP contribution < -0.4 is 4.90 Å². The summed E-state index contributed by atoms with van der Waals surface area (Å²) in [7, 11) is 0. The Hall–Kier alpha value is -6.00. The summed E-state index contributed by atoms with van der Waals surface area (Å²) in [5.41, 5.74) is 11.6. The molecule has 2 aromatic heterocycles. The minimum Gasteiger partial charge on any atom is -0.452 e. The topological polar surface area (TPSA) is 42.2 Å². The molecule has 2 atom stereocenters. The number of fused-ring (bicyclic) bond motifs is 10. The number of aromatic nitrogens is 2. The van der Waals surface area contributed by atoms with Crippen molar-refractivity contribution in [2.45, 2.75) is 12.0 Å². The Morgan fingerprint density at radius 3 is 2.24 bits per heavy atom. The van der Waals surface area contributed by atoms with E-state index in [9.17, 15) is 0 Å². The third-order valence-electron chi connectivity index (χ3n) is 9.63. The van der Waals surface area contributed by atoms with E-state index in [0.717, 1.165) is 44.2 Å². The monoisotopic (exact) mass is 589 g/mol. The van der Waals surface area contributed by atoms with Crippen LogP contribution in [0.1, 0.15) is 22.6 Å². The lowest BCUT2D eigenvalue weighted by atomic mass is 9.81. The summed E-state index contributed by atoms with van der Waals surface area (Å²) in [6.45, 7) is 0. The van der Waals surface area contributed by atoms with Crippen LogP contribution in [0.4, 0.5) is 11.6 Å². The lowest BCUT2D eigenvalue weighted by molar-refractivity contribution is 0.666. The third kappa shape index (κ3) is 3.67. The predicted octanol–water partition coefficient (Wildman–Crippen LogP) is 10.5. The van der Waals surface area contributed by atoms with Gasteiger partial charge in [-0.15, -0.1) is 0 Å². The Bertz CT molecular complexity index is 2500. The van der Waals surface area contributed by atoms with E-state index in [1.54, 1.807) is 0 Å². The summed E-state index contributed by atoms with van der Waals surface area (Å²) < 4.78 is 6.59. The Balaban J connectivity index is 1.27. The number of nitrogens with zero attached hydrogens (tertiary/aromatic N) is 3. The minimum atomic E-state index is 0.0203. The number of hydrogen-bond donors (Lipinski definition) is 0. The number of furan rings is 1. The van der Waals surface area contributed by atoms with E-state index >= 15 is 0 Å². The predicted molar refractivity (Wildman–Crippen MR) is 187 cm³/mol. The molecule has 0 bridgehead atoms. The molecule has 0 fully saturated rings. The molecule has 1 aliphatic carbocycles. The van der Waals surface area contributed by atoms with E-state index in [1.165, 1.54) is 27.8 Å². The van der Waals surface area contributed by atoms with Gasteiger partial charge in [-0.25, -0.2) is 9.97 Å². The largest absolute Gasteiger partial charge is 0.452 e. The molecule has 6 aromatic carbocycles. The van der Waals surface area contributed by atoms with Gasteiger partial charge in [-0.3, -0.25) is 0 Å². The van der Waals surface area contributed by atoms with Crippen molar-refractivity contribution in [3.63, 3.8) is 0 Å². The van der Waals surface area contributed by atoms with Crippen molar-refractivity contribution >= 4 is 50.6 Å². The van der Waals surface area contributed by atoms with Crippen LogP contribution in [-0.4, -0.2) is 16.0 Å². The SMILES string of the molecule is C1=CC2C(c3ccccc31)c1cc(-c3ccccc3)ccc1N2c1nc(-c2ccccc2)c2oc3ccc4ccccc4c3c2n1. The molecule has 2 unspecified atom stereocenters. The summed E-state index contributed by atoms with van der Waals surface area (Å²) in [4.78, 5) is 13.1. The fourth-order valence-corrected chi connectivity index (χ4v) is 7.56. The van der Waals surface area contributed by atoms with Crippen molar-refractivity contribution in [3.8, 4) is 22.4 Å². The van der Waals surface area contributed by atoms with Crippen molar-refractivity contribution in [2.75, 3.05) is 4.90 Å². The first kappa shape index (κ1) is 25.3. The molecule has 2 aliphatic rings. The zero-order valence-electron chi connectivity index (χ0n) is 24.8. The van der Waals surface area contributed by atoms with Crippen LogP contribution in [0.5, 0.6) is 0 Å². The molecular formula is C42H27N3O. The van der Waals surface area contributed by atoms with Crippen molar-refractivity contribution in [1.82, 2.24) is 9.97 Å². The van der Waals surface area contributed by atoms with Crippen LogP contribution in [0.25, 0.3) is 61.3 Å². The number of anilines is 2. The number of rotatable bonds is 3. The Kier molecular flexibility index (Phi) is 5.37. The Morgan fingerprint density at radius 1 is 0.609 bits per heavy atom. The van der Waals surface area contributed by atoms with Gasteiger partial charge in [-0.2, -0.15) is 0 Å². The van der Waals surface area contributed by atoms with Gasteiger partial charge in [0.05, 0.1) is 11.4 Å². The van der Waals surface area contributed by atoms with Gasteiger partial charge < -0.3 is 9.32 Å². The molecule has 0 N–H and O–H groups in total. The van der Waals surface area contributed by atoms with E-state index < -0.39 is 0 Å². The Morgan fingerprint density at radius 2 is 1.37 bits per heavy atom. The second-order valence-corrected chi connectivity index (χ2v) is 12.1. The minimum absolute atomic E-state index is 0.0203. The first-order chi connectivity index (χ1) is 22.8. The van der Waals surface area contributed by atoms with Gasteiger partial charge in [-0.05, 0) is 56.8 Å². The average molecular weight is 590 g/mol. The van der Waals surface area contributed by atoms with Crippen molar-refractivity contribution in [3.05, 3.63) is 162 Å². The maximum absolute atomic E-state index is 6.59. The highest BCUT2D eigenvalue weighted by Gasteiger charge is 2.43. The fraction of sp³-hybridized carbons (Fsp3) is 0.0476. The molecule has 1 aliphatic heterocycles. The Labute approximate surface area is 265 Å². The highest BCUT2D eigenvalue weighted by molar-refractivity contribution is 6.19. The molecule has 3 heterocycles. The van der Waals surface area contributed by atoms with Gasteiger partial charge in [0.1, 0.15) is 16.8 Å². The van der Waals surface area contributed by atoms with E-state index in [1.807, 2.05) is 18.2 Å². The molecule has 0 saturated heterocycles.